The monoisotopic (exact) mass is 473 g/mol. The van der Waals surface area contributed by atoms with Crippen LogP contribution in [0.15, 0.2) is 41.5 Å². The van der Waals surface area contributed by atoms with E-state index in [9.17, 15) is 25.0 Å². The number of morpholine rings is 1. The van der Waals surface area contributed by atoms with E-state index in [4.69, 9.17) is 14.2 Å². The highest BCUT2D eigenvalue weighted by Crippen LogP contribution is 2.38. The van der Waals surface area contributed by atoms with Crippen molar-refractivity contribution in [1.82, 2.24) is 10.3 Å². The summed E-state index contributed by atoms with van der Waals surface area (Å²) in [5.41, 5.74) is 2.07. The minimum Gasteiger partial charge on any atom is -0.490 e. The predicted molar refractivity (Wildman–Crippen MR) is 120 cm³/mol. The van der Waals surface area contributed by atoms with Gasteiger partial charge in [-0.3, -0.25) is 29.9 Å². The van der Waals surface area contributed by atoms with Gasteiger partial charge in [-0.1, -0.05) is 0 Å². The maximum absolute atomic E-state index is 12.0. The van der Waals surface area contributed by atoms with E-state index < -0.39 is 21.2 Å². The summed E-state index contributed by atoms with van der Waals surface area (Å²) in [6.07, 6.45) is 1.43. The lowest BCUT2D eigenvalue weighted by Gasteiger charge is -2.25. The standard InChI is InChI=1S/C21H23N5O8/c1-2-33-20-11-15(13-22-23-21(27)14-24-7-9-32-10-8-24)3-5-19(20)34-18-6-4-16(25(28)29)12-17(18)26(30)31/h3-6,11-13H,2,7-10,14H2,1H3,(H,23,27)/b22-13-. The molecule has 0 atom stereocenters. The minimum atomic E-state index is -0.761. The first-order valence-electron chi connectivity index (χ1n) is 10.4. The molecule has 2 aromatic rings. The summed E-state index contributed by atoms with van der Waals surface area (Å²) < 4.78 is 16.5. The van der Waals surface area contributed by atoms with Crippen molar-refractivity contribution in [2.24, 2.45) is 5.10 Å². The number of rotatable bonds is 10. The number of nitro benzene ring substituents is 2. The Hall–Kier alpha value is -4.10. The molecular formula is C21H23N5O8. The molecular weight excluding hydrogens is 450 g/mol. The molecule has 1 fully saturated rings. The average Bonchev–Trinajstić information content (AvgIpc) is 2.81. The van der Waals surface area contributed by atoms with Crippen molar-refractivity contribution >= 4 is 23.5 Å². The van der Waals surface area contributed by atoms with Gasteiger partial charge < -0.3 is 14.2 Å². The van der Waals surface area contributed by atoms with Crippen molar-refractivity contribution in [3.63, 3.8) is 0 Å². The first kappa shape index (κ1) is 24.5. The molecule has 34 heavy (non-hydrogen) atoms. The number of nitro groups is 2. The number of non-ortho nitro benzene ring substituents is 1. The van der Waals surface area contributed by atoms with Gasteiger partial charge in [0.1, 0.15) is 0 Å². The van der Waals surface area contributed by atoms with Crippen LogP contribution in [-0.2, 0) is 9.53 Å². The lowest BCUT2D eigenvalue weighted by Crippen LogP contribution is -2.42. The molecule has 13 nitrogen and oxygen atoms in total. The maximum atomic E-state index is 12.0. The van der Waals surface area contributed by atoms with Crippen LogP contribution in [-0.4, -0.2) is 66.3 Å². The van der Waals surface area contributed by atoms with Gasteiger partial charge >= 0.3 is 5.69 Å². The molecule has 1 aliphatic heterocycles. The Balaban J connectivity index is 1.71. The Kier molecular flexibility index (Phi) is 8.43. The van der Waals surface area contributed by atoms with E-state index in [0.29, 0.717) is 31.9 Å². The molecule has 1 saturated heterocycles. The van der Waals surface area contributed by atoms with E-state index in [2.05, 4.69) is 10.5 Å². The summed E-state index contributed by atoms with van der Waals surface area (Å²) in [6, 6.07) is 7.83. The van der Waals surface area contributed by atoms with Gasteiger partial charge in [0, 0.05) is 19.2 Å². The predicted octanol–water partition coefficient (Wildman–Crippen LogP) is 2.48. The fourth-order valence-corrected chi connectivity index (χ4v) is 3.10. The van der Waals surface area contributed by atoms with Crippen molar-refractivity contribution in [2.75, 3.05) is 39.5 Å². The summed E-state index contributed by atoms with van der Waals surface area (Å²) in [4.78, 5) is 34.8. The normalized spacial score (nSPS) is 14.0. The van der Waals surface area contributed by atoms with Crippen LogP contribution in [0.5, 0.6) is 17.2 Å². The second-order valence-electron chi connectivity index (χ2n) is 7.09. The van der Waals surface area contributed by atoms with Crippen LogP contribution in [0.3, 0.4) is 0 Å². The van der Waals surface area contributed by atoms with Crippen molar-refractivity contribution in [3.05, 3.63) is 62.2 Å². The van der Waals surface area contributed by atoms with E-state index in [1.165, 1.54) is 12.3 Å². The lowest BCUT2D eigenvalue weighted by atomic mass is 10.2. The van der Waals surface area contributed by atoms with Crippen molar-refractivity contribution < 1.29 is 28.9 Å². The third-order valence-corrected chi connectivity index (χ3v) is 4.71. The van der Waals surface area contributed by atoms with Gasteiger partial charge in [-0.05, 0) is 36.8 Å². The molecule has 0 aliphatic carbocycles. The molecule has 0 aromatic heterocycles. The molecule has 1 N–H and O–H groups in total. The van der Waals surface area contributed by atoms with E-state index >= 15 is 0 Å². The van der Waals surface area contributed by atoms with Gasteiger partial charge in [0.05, 0.1) is 48.5 Å². The summed E-state index contributed by atoms with van der Waals surface area (Å²) >= 11 is 0. The number of carbonyl (C=O) groups excluding carboxylic acids is 1. The van der Waals surface area contributed by atoms with Crippen LogP contribution in [0.2, 0.25) is 0 Å². The lowest BCUT2D eigenvalue weighted by molar-refractivity contribution is -0.394. The second-order valence-corrected chi connectivity index (χ2v) is 7.09. The Bertz CT molecular complexity index is 1080. The van der Waals surface area contributed by atoms with Gasteiger partial charge in [0.25, 0.3) is 11.6 Å². The molecule has 3 rings (SSSR count). The summed E-state index contributed by atoms with van der Waals surface area (Å²) in [6.45, 7) is 4.81. The van der Waals surface area contributed by atoms with Crippen LogP contribution < -0.4 is 14.9 Å². The number of ether oxygens (including phenoxy) is 3. The highest BCUT2D eigenvalue weighted by atomic mass is 16.6. The largest absolute Gasteiger partial charge is 0.490 e. The first-order valence-corrected chi connectivity index (χ1v) is 10.4. The molecule has 0 spiro atoms. The fraction of sp³-hybridized carbons (Fsp3) is 0.333. The van der Waals surface area contributed by atoms with E-state index in [0.717, 1.165) is 18.2 Å². The van der Waals surface area contributed by atoms with Crippen LogP contribution in [0.1, 0.15) is 12.5 Å². The third kappa shape index (κ3) is 6.70. The van der Waals surface area contributed by atoms with Crippen LogP contribution in [0.4, 0.5) is 11.4 Å². The summed E-state index contributed by atoms with van der Waals surface area (Å²) in [5, 5.41) is 26.2. The number of hydrogen-bond acceptors (Lipinski definition) is 10. The summed E-state index contributed by atoms with van der Waals surface area (Å²) in [7, 11) is 0. The Labute approximate surface area is 194 Å². The highest BCUT2D eigenvalue weighted by Gasteiger charge is 2.22. The highest BCUT2D eigenvalue weighted by molar-refractivity contribution is 5.84. The van der Waals surface area contributed by atoms with Crippen LogP contribution in [0.25, 0.3) is 0 Å². The minimum absolute atomic E-state index is 0.173. The molecule has 180 valence electrons. The van der Waals surface area contributed by atoms with Crippen molar-refractivity contribution in [1.29, 1.82) is 0 Å². The number of carbonyl (C=O) groups is 1. The molecule has 13 heteroatoms. The average molecular weight is 473 g/mol. The first-order chi connectivity index (χ1) is 16.4. The molecule has 2 aromatic carbocycles. The molecule has 0 radical (unpaired) electrons. The van der Waals surface area contributed by atoms with E-state index in [1.54, 1.807) is 19.1 Å². The SMILES string of the molecule is CCOc1cc(/C=N\NC(=O)CN2CCOCC2)ccc1Oc1ccc([N+](=O)[O-])cc1[N+](=O)[O-]. The number of nitrogens with zero attached hydrogens (tertiary/aromatic N) is 4. The zero-order chi connectivity index (χ0) is 24.5. The van der Waals surface area contributed by atoms with Crippen molar-refractivity contribution in [3.8, 4) is 17.2 Å². The Morgan fingerprint density at radius 3 is 2.53 bits per heavy atom. The number of hydrogen-bond donors (Lipinski definition) is 1. The topological polar surface area (TPSA) is 159 Å². The number of nitrogens with one attached hydrogen (secondary N) is 1. The maximum Gasteiger partial charge on any atom is 0.318 e. The van der Waals surface area contributed by atoms with Crippen LogP contribution >= 0.6 is 0 Å². The van der Waals surface area contributed by atoms with E-state index in [1.807, 2.05) is 4.90 Å². The molecule has 0 saturated carbocycles. The summed E-state index contributed by atoms with van der Waals surface area (Å²) in [5.74, 6) is 0.0213. The molecule has 0 bridgehead atoms. The van der Waals surface area contributed by atoms with Gasteiger partial charge in [-0.25, -0.2) is 5.43 Å². The zero-order valence-electron chi connectivity index (χ0n) is 18.3. The third-order valence-electron chi connectivity index (χ3n) is 4.71. The number of amides is 1. The number of benzene rings is 2. The van der Waals surface area contributed by atoms with Crippen LogP contribution in [0, 0.1) is 20.2 Å². The van der Waals surface area contributed by atoms with E-state index in [-0.39, 0.29) is 36.3 Å². The van der Waals surface area contributed by atoms with Gasteiger partial charge in [-0.2, -0.15) is 5.10 Å². The van der Waals surface area contributed by atoms with Crippen molar-refractivity contribution in [2.45, 2.75) is 6.92 Å². The quantitative estimate of drug-likeness (QED) is 0.311. The van der Waals surface area contributed by atoms with Gasteiger partial charge in [-0.15, -0.1) is 0 Å². The zero-order valence-corrected chi connectivity index (χ0v) is 18.3. The number of hydrazone groups is 1. The molecule has 1 aliphatic rings. The molecule has 1 heterocycles. The Morgan fingerprint density at radius 2 is 1.85 bits per heavy atom. The molecule has 0 unspecified atom stereocenters. The van der Waals surface area contributed by atoms with Gasteiger partial charge in [0.2, 0.25) is 5.75 Å². The Morgan fingerprint density at radius 1 is 1.12 bits per heavy atom. The van der Waals surface area contributed by atoms with Gasteiger partial charge in [0.15, 0.2) is 11.5 Å². The fourth-order valence-electron chi connectivity index (χ4n) is 3.10. The second kappa shape index (κ2) is 11.7. The molecule has 1 amide bonds. The smallest absolute Gasteiger partial charge is 0.318 e.